The van der Waals surface area contributed by atoms with E-state index in [2.05, 4.69) is 6.07 Å². The van der Waals surface area contributed by atoms with Crippen molar-refractivity contribution in [3.8, 4) is 34.1 Å². The lowest BCUT2D eigenvalue weighted by Crippen LogP contribution is -2.23. The number of nitrogens with zero attached hydrogens (tertiary/aromatic N) is 2. The van der Waals surface area contributed by atoms with Crippen LogP contribution in [0.5, 0.6) is 5.75 Å². The average molecular weight is 475 g/mol. The number of pyridine rings is 1. The van der Waals surface area contributed by atoms with E-state index in [1.807, 2.05) is 97.3 Å². The molecule has 35 heavy (non-hydrogen) atoms. The molecule has 1 aromatic heterocycles. The molecule has 0 amide bonds. The minimum atomic E-state index is -0.238. The highest BCUT2D eigenvalue weighted by atomic mass is 32.2. The second-order valence-corrected chi connectivity index (χ2v) is 9.10. The molecule has 0 fully saturated rings. The number of nitriles is 1. The van der Waals surface area contributed by atoms with Gasteiger partial charge in [0.25, 0.3) is 5.56 Å². The van der Waals surface area contributed by atoms with Crippen molar-refractivity contribution in [1.82, 2.24) is 4.57 Å². The van der Waals surface area contributed by atoms with Gasteiger partial charge >= 0.3 is 0 Å². The predicted molar refractivity (Wildman–Crippen MR) is 143 cm³/mol. The normalized spacial score (nSPS) is 10.9. The fourth-order valence-electron chi connectivity index (χ4n) is 4.37. The van der Waals surface area contributed by atoms with Crippen LogP contribution in [0.15, 0.2) is 107 Å². The van der Waals surface area contributed by atoms with Gasteiger partial charge in [0.05, 0.1) is 29.3 Å². The summed E-state index contributed by atoms with van der Waals surface area (Å²) >= 11 is 1.59. The van der Waals surface area contributed by atoms with E-state index in [1.165, 1.54) is 0 Å². The molecule has 0 aliphatic rings. The molecule has 0 bridgehead atoms. The summed E-state index contributed by atoms with van der Waals surface area (Å²) in [5, 5.41) is 21.2. The van der Waals surface area contributed by atoms with Crippen molar-refractivity contribution in [2.45, 2.75) is 11.4 Å². The lowest BCUT2D eigenvalue weighted by molar-refractivity contribution is 0.481. The SMILES string of the molecule is CSc1ccc2c(O)c(-c3ccccc3)c(=O)n(Cc3ccc(-c4ccccc4C#N)cc3)c2c1. The topological polar surface area (TPSA) is 66.0 Å². The molecule has 0 saturated heterocycles. The van der Waals surface area contributed by atoms with Crippen LogP contribution in [0.2, 0.25) is 0 Å². The first-order valence-corrected chi connectivity index (χ1v) is 12.4. The molecule has 5 aromatic rings. The summed E-state index contributed by atoms with van der Waals surface area (Å²) in [4.78, 5) is 14.8. The number of thioether (sulfide) groups is 1. The Balaban J connectivity index is 1.64. The minimum Gasteiger partial charge on any atom is -0.506 e. The lowest BCUT2D eigenvalue weighted by Gasteiger charge is -2.16. The third-order valence-electron chi connectivity index (χ3n) is 6.16. The molecule has 0 unspecified atom stereocenters. The molecule has 1 heterocycles. The van der Waals surface area contributed by atoms with Gasteiger partial charge in [-0.25, -0.2) is 0 Å². The minimum absolute atomic E-state index is 0.00330. The molecule has 0 spiro atoms. The number of hydrogen-bond acceptors (Lipinski definition) is 4. The Kier molecular flexibility index (Phi) is 6.13. The van der Waals surface area contributed by atoms with Crippen molar-refractivity contribution < 1.29 is 5.11 Å². The average Bonchev–Trinajstić information content (AvgIpc) is 2.91. The lowest BCUT2D eigenvalue weighted by atomic mass is 9.99. The van der Waals surface area contributed by atoms with Crippen LogP contribution in [0.25, 0.3) is 33.2 Å². The number of fused-ring (bicyclic) bond motifs is 1. The Bertz CT molecular complexity index is 1630. The Morgan fingerprint density at radius 1 is 0.886 bits per heavy atom. The summed E-state index contributed by atoms with van der Waals surface area (Å²) in [6.45, 7) is 0.355. The van der Waals surface area contributed by atoms with Gasteiger partial charge in [-0.3, -0.25) is 4.79 Å². The van der Waals surface area contributed by atoms with Crippen molar-refractivity contribution in [3.63, 3.8) is 0 Å². The van der Waals surface area contributed by atoms with E-state index < -0.39 is 0 Å². The predicted octanol–water partition coefficient (Wildman–Crippen LogP) is 6.68. The summed E-state index contributed by atoms with van der Waals surface area (Å²) in [6, 6.07) is 32.7. The first-order chi connectivity index (χ1) is 17.1. The molecule has 0 atom stereocenters. The fraction of sp³-hybridized carbons (Fsp3) is 0.0667. The molecule has 4 aromatic carbocycles. The zero-order valence-electron chi connectivity index (χ0n) is 19.1. The number of rotatable bonds is 5. The summed E-state index contributed by atoms with van der Waals surface area (Å²) in [7, 11) is 0. The second-order valence-electron chi connectivity index (χ2n) is 8.22. The smallest absolute Gasteiger partial charge is 0.263 e. The zero-order valence-corrected chi connectivity index (χ0v) is 19.9. The maximum atomic E-state index is 13.7. The van der Waals surface area contributed by atoms with E-state index in [1.54, 1.807) is 22.4 Å². The van der Waals surface area contributed by atoms with Crippen LogP contribution >= 0.6 is 11.8 Å². The van der Waals surface area contributed by atoms with Gasteiger partial charge in [-0.1, -0.05) is 72.8 Å². The Hall–Kier alpha value is -4.27. The standard InChI is InChI=1S/C30H22N2O2S/c1-35-24-15-16-26-27(17-24)32(30(34)28(29(26)33)22-7-3-2-4-8-22)19-20-11-13-21(14-12-20)25-10-6-5-9-23(25)18-31/h2-17,33H,19H2,1H3. The third-order valence-corrected chi connectivity index (χ3v) is 6.89. The number of hydrogen-bond donors (Lipinski definition) is 1. The van der Waals surface area contributed by atoms with E-state index in [9.17, 15) is 15.2 Å². The quantitative estimate of drug-likeness (QED) is 0.289. The van der Waals surface area contributed by atoms with Gasteiger partial charge < -0.3 is 9.67 Å². The van der Waals surface area contributed by atoms with Crippen molar-refractivity contribution in [2.75, 3.05) is 6.26 Å². The molecule has 1 N–H and O–H groups in total. The summed E-state index contributed by atoms with van der Waals surface area (Å²) in [5.74, 6) is 0.00330. The van der Waals surface area contributed by atoms with Crippen LogP contribution in [-0.2, 0) is 6.54 Å². The Morgan fingerprint density at radius 2 is 1.60 bits per heavy atom. The molecule has 0 aliphatic heterocycles. The Morgan fingerprint density at radius 3 is 2.31 bits per heavy atom. The van der Waals surface area contributed by atoms with Gasteiger partial charge in [0.1, 0.15) is 5.75 Å². The molecule has 5 rings (SSSR count). The van der Waals surface area contributed by atoms with Crippen molar-refractivity contribution in [2.24, 2.45) is 0 Å². The van der Waals surface area contributed by atoms with E-state index >= 15 is 0 Å². The molecular formula is C30H22N2O2S. The fourth-order valence-corrected chi connectivity index (χ4v) is 4.80. The highest BCUT2D eigenvalue weighted by Crippen LogP contribution is 2.35. The second kappa shape index (κ2) is 9.54. The molecule has 0 radical (unpaired) electrons. The molecule has 0 saturated carbocycles. The van der Waals surface area contributed by atoms with Gasteiger partial charge in [0.15, 0.2) is 0 Å². The van der Waals surface area contributed by atoms with Crippen molar-refractivity contribution >= 4 is 22.7 Å². The van der Waals surface area contributed by atoms with Crippen LogP contribution in [0.3, 0.4) is 0 Å². The van der Waals surface area contributed by atoms with Crippen LogP contribution in [0, 0.1) is 11.3 Å². The van der Waals surface area contributed by atoms with Gasteiger partial charge in [-0.15, -0.1) is 11.8 Å². The zero-order chi connectivity index (χ0) is 24.4. The molecule has 5 heteroatoms. The first kappa shape index (κ1) is 22.5. The molecule has 170 valence electrons. The van der Waals surface area contributed by atoms with E-state index in [4.69, 9.17) is 0 Å². The number of aromatic hydroxyl groups is 1. The van der Waals surface area contributed by atoms with E-state index in [0.717, 1.165) is 21.6 Å². The number of aromatic nitrogens is 1. The molecular weight excluding hydrogens is 452 g/mol. The van der Waals surface area contributed by atoms with Gasteiger partial charge in [-0.2, -0.15) is 5.26 Å². The summed E-state index contributed by atoms with van der Waals surface area (Å²) < 4.78 is 1.73. The van der Waals surface area contributed by atoms with Crippen LogP contribution in [-0.4, -0.2) is 15.9 Å². The summed E-state index contributed by atoms with van der Waals surface area (Å²) in [5.41, 5.74) is 4.84. The highest BCUT2D eigenvalue weighted by molar-refractivity contribution is 7.98. The third kappa shape index (κ3) is 4.21. The summed E-state index contributed by atoms with van der Waals surface area (Å²) in [6.07, 6.45) is 1.99. The van der Waals surface area contributed by atoms with E-state index in [0.29, 0.717) is 34.1 Å². The molecule has 4 nitrogen and oxygen atoms in total. The van der Waals surface area contributed by atoms with E-state index in [-0.39, 0.29) is 11.3 Å². The van der Waals surface area contributed by atoms with Crippen LogP contribution < -0.4 is 5.56 Å². The van der Waals surface area contributed by atoms with Crippen molar-refractivity contribution in [1.29, 1.82) is 5.26 Å². The monoisotopic (exact) mass is 474 g/mol. The first-order valence-electron chi connectivity index (χ1n) is 11.2. The van der Waals surface area contributed by atoms with Gasteiger partial charge in [0.2, 0.25) is 0 Å². The van der Waals surface area contributed by atoms with Gasteiger partial charge in [0, 0.05) is 10.3 Å². The van der Waals surface area contributed by atoms with Crippen LogP contribution in [0.4, 0.5) is 0 Å². The number of benzene rings is 4. The maximum absolute atomic E-state index is 13.7. The Labute approximate surface area is 207 Å². The maximum Gasteiger partial charge on any atom is 0.263 e. The highest BCUT2D eigenvalue weighted by Gasteiger charge is 2.18. The largest absolute Gasteiger partial charge is 0.506 e. The van der Waals surface area contributed by atoms with Crippen molar-refractivity contribution in [3.05, 3.63) is 119 Å². The van der Waals surface area contributed by atoms with Gasteiger partial charge in [-0.05, 0) is 52.8 Å². The molecule has 0 aliphatic carbocycles. The van der Waals surface area contributed by atoms with Crippen LogP contribution in [0.1, 0.15) is 11.1 Å².